The summed E-state index contributed by atoms with van der Waals surface area (Å²) in [6.07, 6.45) is 1.56. The Hall–Kier alpha value is -2.68. The van der Waals surface area contributed by atoms with Crippen molar-refractivity contribution in [3.8, 4) is 11.6 Å². The van der Waals surface area contributed by atoms with Crippen LogP contribution in [0.3, 0.4) is 0 Å². The second kappa shape index (κ2) is 8.34. The minimum atomic E-state index is -0.690. The Labute approximate surface area is 159 Å². The highest BCUT2D eigenvalue weighted by molar-refractivity contribution is 7.99. The van der Waals surface area contributed by atoms with Gasteiger partial charge in [-0.05, 0) is 32.0 Å². The number of thioether (sulfide) groups is 1. The smallest absolute Gasteiger partial charge is 0.230 e. The quantitative estimate of drug-likeness (QED) is 0.619. The molecular weight excluding hydrogens is 374 g/mol. The molecule has 0 saturated carbocycles. The molecule has 0 unspecified atom stereocenters. The van der Waals surface area contributed by atoms with Gasteiger partial charge in [-0.25, -0.2) is 8.78 Å². The molecule has 3 rings (SSSR count). The Morgan fingerprint density at radius 3 is 2.81 bits per heavy atom. The maximum Gasteiger partial charge on any atom is 0.230 e. The second-order valence-electron chi connectivity index (χ2n) is 5.77. The van der Waals surface area contributed by atoms with Crippen LogP contribution in [-0.4, -0.2) is 26.4 Å². The third-order valence-corrected chi connectivity index (χ3v) is 4.88. The zero-order valence-corrected chi connectivity index (χ0v) is 15.6. The van der Waals surface area contributed by atoms with E-state index >= 15 is 0 Å². The molecule has 0 saturated heterocycles. The highest BCUT2D eigenvalue weighted by Gasteiger charge is 2.18. The number of amides is 1. The fraction of sp³-hybridized carbons (Fsp3) is 0.278. The Balaban J connectivity index is 1.62. The molecule has 0 aliphatic carbocycles. The van der Waals surface area contributed by atoms with Gasteiger partial charge < -0.3 is 9.73 Å². The van der Waals surface area contributed by atoms with E-state index in [1.165, 1.54) is 17.8 Å². The molecule has 2 heterocycles. The topological polar surface area (TPSA) is 73.0 Å². The largest absolute Gasteiger partial charge is 0.461 e. The summed E-state index contributed by atoms with van der Waals surface area (Å²) in [5.41, 5.74) is 0.228. The first kappa shape index (κ1) is 19.1. The molecule has 1 atom stereocenters. The predicted molar refractivity (Wildman–Crippen MR) is 97.0 cm³/mol. The number of hydrogen-bond acceptors (Lipinski definition) is 5. The maximum atomic E-state index is 13.8. The molecular formula is C18H18F2N4O2S. The summed E-state index contributed by atoms with van der Waals surface area (Å²) in [4.78, 5) is 12.2. The summed E-state index contributed by atoms with van der Waals surface area (Å²) in [5.74, 6) is -0.362. The lowest BCUT2D eigenvalue weighted by Crippen LogP contribution is -2.28. The number of carbonyl (C=O) groups excluding carboxylic acids is 1. The number of halogens is 2. The summed E-state index contributed by atoms with van der Waals surface area (Å²) in [5, 5.41) is 11.5. The van der Waals surface area contributed by atoms with Crippen LogP contribution in [0.1, 0.15) is 25.5 Å². The van der Waals surface area contributed by atoms with E-state index in [-0.39, 0.29) is 17.2 Å². The molecule has 0 spiro atoms. The average Bonchev–Trinajstić information content (AvgIpc) is 3.28. The van der Waals surface area contributed by atoms with Crippen molar-refractivity contribution in [2.75, 3.05) is 5.75 Å². The van der Waals surface area contributed by atoms with Crippen LogP contribution in [0.5, 0.6) is 0 Å². The molecule has 0 aliphatic rings. The van der Waals surface area contributed by atoms with Crippen molar-refractivity contribution in [1.29, 1.82) is 0 Å². The van der Waals surface area contributed by atoms with Crippen molar-refractivity contribution >= 4 is 17.7 Å². The number of nitrogens with zero attached hydrogens (tertiary/aromatic N) is 3. The molecule has 0 aliphatic heterocycles. The van der Waals surface area contributed by atoms with Crippen molar-refractivity contribution in [3.05, 3.63) is 53.8 Å². The molecule has 0 bridgehead atoms. The molecule has 1 N–H and O–H groups in total. The van der Waals surface area contributed by atoms with E-state index in [0.717, 1.165) is 12.1 Å². The van der Waals surface area contributed by atoms with Gasteiger partial charge in [-0.3, -0.25) is 9.36 Å². The first-order valence-corrected chi connectivity index (χ1v) is 9.32. The average molecular weight is 392 g/mol. The third-order valence-electron chi connectivity index (χ3n) is 3.91. The fourth-order valence-corrected chi connectivity index (χ4v) is 3.43. The summed E-state index contributed by atoms with van der Waals surface area (Å²) < 4.78 is 34.0. The van der Waals surface area contributed by atoms with Gasteiger partial charge in [0.2, 0.25) is 5.91 Å². The number of furan rings is 1. The lowest BCUT2D eigenvalue weighted by Gasteiger charge is -2.15. The molecule has 6 nitrogen and oxygen atoms in total. The predicted octanol–water partition coefficient (Wildman–Crippen LogP) is 3.81. The summed E-state index contributed by atoms with van der Waals surface area (Å²) in [7, 11) is 0. The number of aromatic nitrogens is 3. The van der Waals surface area contributed by atoms with Gasteiger partial charge in [0.25, 0.3) is 0 Å². The molecule has 2 aromatic heterocycles. The van der Waals surface area contributed by atoms with Crippen LogP contribution in [0.2, 0.25) is 0 Å². The fourth-order valence-electron chi connectivity index (χ4n) is 2.61. The minimum absolute atomic E-state index is 0.0867. The molecule has 27 heavy (non-hydrogen) atoms. The van der Waals surface area contributed by atoms with Crippen molar-refractivity contribution < 1.29 is 18.0 Å². The Kier molecular flexibility index (Phi) is 5.90. The Morgan fingerprint density at radius 2 is 2.15 bits per heavy atom. The molecule has 142 valence electrons. The van der Waals surface area contributed by atoms with Crippen LogP contribution in [0.15, 0.2) is 46.2 Å². The molecule has 0 radical (unpaired) electrons. The van der Waals surface area contributed by atoms with Crippen LogP contribution in [0, 0.1) is 11.6 Å². The van der Waals surface area contributed by atoms with E-state index in [4.69, 9.17) is 4.42 Å². The maximum absolute atomic E-state index is 13.8. The molecule has 1 aromatic carbocycles. The number of nitrogens with one attached hydrogen (secondary N) is 1. The van der Waals surface area contributed by atoms with E-state index in [0.29, 0.717) is 23.3 Å². The van der Waals surface area contributed by atoms with Gasteiger partial charge in [0.15, 0.2) is 16.7 Å². The van der Waals surface area contributed by atoms with Crippen molar-refractivity contribution in [1.82, 2.24) is 20.1 Å². The first-order chi connectivity index (χ1) is 13.0. The highest BCUT2D eigenvalue weighted by Crippen LogP contribution is 2.24. The minimum Gasteiger partial charge on any atom is -0.461 e. The molecule has 3 aromatic rings. The van der Waals surface area contributed by atoms with Gasteiger partial charge in [0, 0.05) is 18.2 Å². The molecule has 0 fully saturated rings. The zero-order valence-electron chi connectivity index (χ0n) is 14.8. The van der Waals surface area contributed by atoms with E-state index in [2.05, 4.69) is 15.5 Å². The number of rotatable bonds is 7. The zero-order chi connectivity index (χ0) is 19.4. The molecule has 9 heteroatoms. The standard InChI is InChI=1S/C18H18F2N4O2S/c1-3-24-17(15-5-4-8-26-15)22-23-18(24)27-10-16(25)21-11(2)13-7-6-12(19)9-14(13)20/h4-9,11H,3,10H2,1-2H3,(H,21,25)/t11-/m1/s1. The van der Waals surface area contributed by atoms with E-state index in [1.807, 2.05) is 11.5 Å². The summed E-state index contributed by atoms with van der Waals surface area (Å²) in [6, 6.07) is 6.26. The monoisotopic (exact) mass is 392 g/mol. The lowest BCUT2D eigenvalue weighted by molar-refractivity contribution is -0.119. The number of carbonyl (C=O) groups is 1. The van der Waals surface area contributed by atoms with E-state index < -0.39 is 17.7 Å². The van der Waals surface area contributed by atoms with Crippen LogP contribution >= 0.6 is 11.8 Å². The number of hydrogen-bond donors (Lipinski definition) is 1. The van der Waals surface area contributed by atoms with Gasteiger partial charge in [-0.1, -0.05) is 17.8 Å². The molecule has 1 amide bonds. The Morgan fingerprint density at radius 1 is 1.33 bits per heavy atom. The first-order valence-electron chi connectivity index (χ1n) is 8.33. The van der Waals surface area contributed by atoms with Crippen molar-refractivity contribution in [3.63, 3.8) is 0 Å². The summed E-state index contributed by atoms with van der Waals surface area (Å²) in [6.45, 7) is 4.20. The van der Waals surface area contributed by atoms with Crippen LogP contribution in [-0.2, 0) is 11.3 Å². The number of benzene rings is 1. The van der Waals surface area contributed by atoms with Gasteiger partial charge >= 0.3 is 0 Å². The van der Waals surface area contributed by atoms with Crippen LogP contribution in [0.25, 0.3) is 11.6 Å². The van der Waals surface area contributed by atoms with Crippen molar-refractivity contribution in [2.45, 2.75) is 31.6 Å². The van der Waals surface area contributed by atoms with Crippen LogP contribution < -0.4 is 5.32 Å². The van der Waals surface area contributed by atoms with Gasteiger partial charge in [0.05, 0.1) is 18.1 Å². The highest BCUT2D eigenvalue weighted by atomic mass is 32.2. The van der Waals surface area contributed by atoms with Gasteiger partial charge in [-0.15, -0.1) is 10.2 Å². The van der Waals surface area contributed by atoms with Gasteiger partial charge in [-0.2, -0.15) is 0 Å². The lowest BCUT2D eigenvalue weighted by atomic mass is 10.1. The van der Waals surface area contributed by atoms with E-state index in [9.17, 15) is 13.6 Å². The normalized spacial score (nSPS) is 12.1. The second-order valence-corrected chi connectivity index (χ2v) is 6.71. The van der Waals surface area contributed by atoms with E-state index in [1.54, 1.807) is 25.3 Å². The SMILES string of the molecule is CCn1c(SCC(=O)N[C@H](C)c2ccc(F)cc2F)nnc1-c1ccco1. The summed E-state index contributed by atoms with van der Waals surface area (Å²) >= 11 is 1.22. The Bertz CT molecular complexity index is 928. The van der Waals surface area contributed by atoms with Crippen molar-refractivity contribution in [2.24, 2.45) is 0 Å². The van der Waals surface area contributed by atoms with Crippen LogP contribution in [0.4, 0.5) is 8.78 Å². The van der Waals surface area contributed by atoms with Gasteiger partial charge in [0.1, 0.15) is 11.6 Å². The third kappa shape index (κ3) is 4.36.